The fourth-order valence-electron chi connectivity index (χ4n) is 1.97. The first-order valence-electron chi connectivity index (χ1n) is 6.09. The van der Waals surface area contributed by atoms with Crippen LogP contribution in [0.15, 0.2) is 36.4 Å². The Morgan fingerprint density at radius 2 is 1.86 bits per heavy atom. The third-order valence-electron chi connectivity index (χ3n) is 3.09. The van der Waals surface area contributed by atoms with Crippen LogP contribution in [-0.4, -0.2) is 5.78 Å². The predicted molar refractivity (Wildman–Crippen MR) is 70.2 cm³/mol. The maximum Gasteiger partial charge on any atom is 0.187 e. The average Bonchev–Trinajstić information content (AvgIpc) is 2.43. The molecule has 0 aliphatic carbocycles. The van der Waals surface area contributed by atoms with Gasteiger partial charge >= 0.3 is 0 Å². The largest absolute Gasteiger partial charge is 0.292 e. The summed E-state index contributed by atoms with van der Waals surface area (Å²) in [6.45, 7) is 1.38. The highest BCUT2D eigenvalue weighted by Crippen LogP contribution is 2.24. The van der Waals surface area contributed by atoms with Crippen molar-refractivity contribution in [2.45, 2.75) is 12.8 Å². The Labute approximate surface area is 119 Å². The van der Waals surface area contributed by atoms with Gasteiger partial charge in [-0.2, -0.15) is 5.26 Å². The number of nitrogens with zero attached hydrogens (tertiary/aromatic N) is 1. The van der Waals surface area contributed by atoms with Crippen molar-refractivity contribution >= 4 is 5.78 Å². The Balaban J connectivity index is 2.47. The minimum atomic E-state index is -1.35. The second-order valence-electron chi connectivity index (χ2n) is 4.56. The smallest absolute Gasteiger partial charge is 0.187 e. The first kappa shape index (κ1) is 14.8. The van der Waals surface area contributed by atoms with E-state index in [9.17, 15) is 18.0 Å². The van der Waals surface area contributed by atoms with Crippen LogP contribution in [0.5, 0.6) is 0 Å². The van der Waals surface area contributed by atoms with Crippen molar-refractivity contribution in [3.05, 3.63) is 70.5 Å². The minimum absolute atomic E-state index is 0.0932. The lowest BCUT2D eigenvalue weighted by Gasteiger charge is -2.10. The van der Waals surface area contributed by atoms with E-state index in [1.165, 1.54) is 25.1 Å². The number of nitriles is 1. The molecule has 0 heterocycles. The summed E-state index contributed by atoms with van der Waals surface area (Å²) in [5.41, 5.74) is -0.163. The van der Waals surface area contributed by atoms with Crippen molar-refractivity contribution < 1.29 is 18.0 Å². The number of ketones is 1. The molecule has 2 aromatic rings. The van der Waals surface area contributed by atoms with Crippen LogP contribution in [0.3, 0.4) is 0 Å². The zero-order valence-corrected chi connectivity index (χ0v) is 11.0. The molecule has 0 aliphatic heterocycles. The van der Waals surface area contributed by atoms with Gasteiger partial charge in [0.25, 0.3) is 0 Å². The van der Waals surface area contributed by atoms with E-state index in [1.54, 1.807) is 6.07 Å². The summed E-state index contributed by atoms with van der Waals surface area (Å²) < 4.78 is 40.1. The Bertz CT molecular complexity index is 750. The van der Waals surface area contributed by atoms with Gasteiger partial charge in [0.1, 0.15) is 23.4 Å². The van der Waals surface area contributed by atoms with Crippen LogP contribution in [0.1, 0.15) is 27.4 Å². The van der Waals surface area contributed by atoms with Crippen molar-refractivity contribution in [2.24, 2.45) is 0 Å². The van der Waals surface area contributed by atoms with Crippen LogP contribution >= 0.6 is 0 Å². The molecule has 0 saturated heterocycles. The fourth-order valence-corrected chi connectivity index (χ4v) is 1.97. The molecule has 0 N–H and O–H groups in total. The van der Waals surface area contributed by atoms with Gasteiger partial charge in [0.2, 0.25) is 0 Å². The quantitative estimate of drug-likeness (QED) is 0.804. The van der Waals surface area contributed by atoms with Crippen molar-refractivity contribution in [3.63, 3.8) is 0 Å². The van der Waals surface area contributed by atoms with Crippen LogP contribution < -0.4 is 0 Å². The second-order valence-corrected chi connectivity index (χ2v) is 4.56. The van der Waals surface area contributed by atoms with Gasteiger partial charge in [0.15, 0.2) is 5.78 Å². The molecule has 1 atom stereocenters. The lowest BCUT2D eigenvalue weighted by molar-refractivity contribution is 0.0974. The molecule has 2 aromatic carbocycles. The molecule has 0 bridgehead atoms. The number of aryl methyl sites for hydroxylation is 1. The molecule has 0 spiro atoms. The molecular formula is C16H10F3NO. The molecule has 0 fully saturated rings. The first-order valence-corrected chi connectivity index (χ1v) is 6.09. The highest BCUT2D eigenvalue weighted by molar-refractivity contribution is 6.03. The SMILES string of the molecule is Cc1cc(C(=O)C(C#N)c2cccc(F)c2)c(F)cc1F. The number of rotatable bonds is 3. The summed E-state index contributed by atoms with van der Waals surface area (Å²) in [5, 5.41) is 9.13. The number of Topliss-reactive ketones (excluding diaryl/α,β-unsaturated/α-hetero) is 1. The number of carbonyl (C=O) groups excluding carboxylic acids is 1. The topological polar surface area (TPSA) is 40.9 Å². The Hall–Kier alpha value is -2.61. The van der Waals surface area contributed by atoms with Gasteiger partial charge in [0.05, 0.1) is 11.6 Å². The van der Waals surface area contributed by atoms with Crippen LogP contribution in [-0.2, 0) is 0 Å². The molecular weight excluding hydrogens is 279 g/mol. The summed E-state index contributed by atoms with van der Waals surface area (Å²) in [6, 6.07) is 8.36. The molecule has 5 heteroatoms. The molecule has 106 valence electrons. The zero-order valence-electron chi connectivity index (χ0n) is 11.0. The van der Waals surface area contributed by atoms with Crippen molar-refractivity contribution in [1.29, 1.82) is 5.26 Å². The molecule has 0 saturated carbocycles. The number of benzene rings is 2. The van der Waals surface area contributed by atoms with Gasteiger partial charge < -0.3 is 0 Å². The van der Waals surface area contributed by atoms with E-state index in [2.05, 4.69) is 0 Å². The van der Waals surface area contributed by atoms with Crippen molar-refractivity contribution in [1.82, 2.24) is 0 Å². The first-order chi connectivity index (χ1) is 9.93. The van der Waals surface area contributed by atoms with Crippen LogP contribution in [0.2, 0.25) is 0 Å². The fraction of sp³-hybridized carbons (Fsp3) is 0.125. The average molecular weight is 289 g/mol. The summed E-state index contributed by atoms with van der Waals surface area (Å²) in [7, 11) is 0. The van der Waals surface area contributed by atoms with E-state index < -0.39 is 29.2 Å². The standard InChI is InChI=1S/C16H10F3NO/c1-9-5-12(15(19)7-14(9)18)16(21)13(8-20)10-3-2-4-11(17)6-10/h2-7,13H,1H3. The molecule has 0 aromatic heterocycles. The van der Waals surface area contributed by atoms with Gasteiger partial charge in [0, 0.05) is 6.07 Å². The molecule has 2 nitrogen and oxygen atoms in total. The number of hydrogen-bond acceptors (Lipinski definition) is 2. The van der Waals surface area contributed by atoms with Crippen molar-refractivity contribution in [3.8, 4) is 6.07 Å². The minimum Gasteiger partial charge on any atom is -0.292 e. The Morgan fingerprint density at radius 1 is 1.14 bits per heavy atom. The monoisotopic (exact) mass is 289 g/mol. The summed E-state index contributed by atoms with van der Waals surface area (Å²) in [4.78, 5) is 12.3. The maximum absolute atomic E-state index is 13.7. The molecule has 0 amide bonds. The van der Waals surface area contributed by atoms with E-state index in [4.69, 9.17) is 5.26 Å². The van der Waals surface area contributed by atoms with Crippen LogP contribution in [0.25, 0.3) is 0 Å². The van der Waals surface area contributed by atoms with E-state index in [0.29, 0.717) is 6.07 Å². The number of carbonyl (C=O) groups is 1. The summed E-state index contributed by atoms with van der Waals surface area (Å²) in [5.74, 6) is -4.59. The number of halogens is 3. The maximum atomic E-state index is 13.7. The third kappa shape index (κ3) is 2.95. The third-order valence-corrected chi connectivity index (χ3v) is 3.09. The summed E-state index contributed by atoms with van der Waals surface area (Å²) in [6.07, 6.45) is 0. The highest BCUT2D eigenvalue weighted by Gasteiger charge is 2.25. The predicted octanol–water partition coefficient (Wildman–Crippen LogP) is 3.90. The molecule has 0 aliphatic rings. The van der Waals surface area contributed by atoms with Crippen molar-refractivity contribution in [2.75, 3.05) is 0 Å². The van der Waals surface area contributed by atoms with Gasteiger partial charge in [-0.25, -0.2) is 13.2 Å². The van der Waals surface area contributed by atoms with E-state index >= 15 is 0 Å². The summed E-state index contributed by atoms with van der Waals surface area (Å²) >= 11 is 0. The Kier molecular flexibility index (Phi) is 4.08. The van der Waals surface area contributed by atoms with Gasteiger partial charge in [-0.1, -0.05) is 12.1 Å². The van der Waals surface area contributed by atoms with E-state index in [0.717, 1.165) is 12.1 Å². The second kappa shape index (κ2) is 5.80. The van der Waals surface area contributed by atoms with Gasteiger partial charge in [-0.3, -0.25) is 4.79 Å². The molecule has 0 radical (unpaired) electrons. The lowest BCUT2D eigenvalue weighted by Crippen LogP contribution is -2.14. The number of hydrogen-bond donors (Lipinski definition) is 0. The molecule has 1 unspecified atom stereocenters. The molecule has 21 heavy (non-hydrogen) atoms. The van der Waals surface area contributed by atoms with E-state index in [-0.39, 0.29) is 16.7 Å². The normalized spacial score (nSPS) is 11.8. The lowest BCUT2D eigenvalue weighted by atomic mass is 9.91. The van der Waals surface area contributed by atoms with Crippen LogP contribution in [0, 0.1) is 35.7 Å². The Morgan fingerprint density at radius 3 is 2.48 bits per heavy atom. The highest BCUT2D eigenvalue weighted by atomic mass is 19.1. The molecule has 2 rings (SSSR count). The zero-order chi connectivity index (χ0) is 15.6. The van der Waals surface area contributed by atoms with Gasteiger partial charge in [-0.15, -0.1) is 0 Å². The van der Waals surface area contributed by atoms with Gasteiger partial charge in [-0.05, 0) is 36.2 Å². The van der Waals surface area contributed by atoms with Crippen LogP contribution in [0.4, 0.5) is 13.2 Å². The van der Waals surface area contributed by atoms with E-state index in [1.807, 2.05) is 0 Å².